The van der Waals surface area contributed by atoms with Crippen LogP contribution >= 0.6 is 0 Å². The summed E-state index contributed by atoms with van der Waals surface area (Å²) in [6, 6.07) is 20.7. The minimum atomic E-state index is -0.491. The summed E-state index contributed by atoms with van der Waals surface area (Å²) in [5.41, 5.74) is 6.08. The van der Waals surface area contributed by atoms with Crippen LogP contribution in [0.5, 0.6) is 11.5 Å². The molecule has 0 spiro atoms. The number of hydrogen-bond donors (Lipinski definition) is 2. The number of rotatable bonds is 10. The number of aryl methyl sites for hydroxylation is 1. The van der Waals surface area contributed by atoms with E-state index in [9.17, 15) is 4.79 Å². The maximum absolute atomic E-state index is 13.4. The van der Waals surface area contributed by atoms with Gasteiger partial charge in [-0.25, -0.2) is 0 Å². The third-order valence-electron chi connectivity index (χ3n) is 7.79. The first-order valence-corrected chi connectivity index (χ1v) is 13.1. The second kappa shape index (κ2) is 10.4. The summed E-state index contributed by atoms with van der Waals surface area (Å²) in [5.74, 6) is 2.24. The molecule has 1 saturated carbocycles. The van der Waals surface area contributed by atoms with Crippen LogP contribution in [0.25, 0.3) is 11.1 Å². The molecule has 1 amide bonds. The second-order valence-electron chi connectivity index (χ2n) is 10.1. The van der Waals surface area contributed by atoms with E-state index in [2.05, 4.69) is 67.8 Å². The van der Waals surface area contributed by atoms with Crippen molar-refractivity contribution >= 4 is 11.6 Å². The van der Waals surface area contributed by atoms with Gasteiger partial charge in [0, 0.05) is 15.1 Å². The van der Waals surface area contributed by atoms with E-state index in [-0.39, 0.29) is 15.6 Å². The number of nitrogens with one attached hydrogen (secondary N) is 2. The number of hydrogen-bond acceptors (Lipinski definition) is 4. The topological polar surface area (TPSA) is 59.6 Å². The normalized spacial score (nSPS) is 15.2. The lowest BCUT2D eigenvalue weighted by molar-refractivity contribution is -0.118. The highest BCUT2D eigenvalue weighted by atomic mass is 16.7. The molecular weight excluding hydrogens is 448 g/mol. The van der Waals surface area contributed by atoms with Gasteiger partial charge in [-0.2, -0.15) is 0 Å². The van der Waals surface area contributed by atoms with Crippen molar-refractivity contribution < 1.29 is 17.1 Å². The van der Waals surface area contributed by atoms with Gasteiger partial charge in [-0.15, -0.1) is 0 Å². The van der Waals surface area contributed by atoms with Crippen molar-refractivity contribution in [2.75, 3.05) is 18.7 Å². The number of amides is 1. The average Bonchev–Trinajstić information content (AvgIpc) is 3.59. The molecule has 0 atom stereocenters. The molecule has 5 nitrogen and oxygen atoms in total. The zero-order chi connectivity index (χ0) is 25.1. The Morgan fingerprint density at radius 1 is 0.972 bits per heavy atom. The third-order valence-corrected chi connectivity index (χ3v) is 7.79. The highest BCUT2D eigenvalue weighted by Crippen LogP contribution is 2.51. The van der Waals surface area contributed by atoms with Crippen LogP contribution in [0.3, 0.4) is 0 Å². The van der Waals surface area contributed by atoms with Crippen molar-refractivity contribution in [1.82, 2.24) is 5.32 Å². The number of carbonyl (C=O) groups excluding carboxylic acids is 1. The van der Waals surface area contributed by atoms with Crippen molar-refractivity contribution in [2.45, 2.75) is 58.4 Å². The van der Waals surface area contributed by atoms with Crippen LogP contribution in [0, 0.1) is 12.8 Å². The van der Waals surface area contributed by atoms with Gasteiger partial charge in [0.1, 0.15) is 0 Å². The fourth-order valence-electron chi connectivity index (χ4n) is 5.03. The van der Waals surface area contributed by atoms with Gasteiger partial charge in [-0.05, 0) is 84.3 Å². The molecule has 1 aliphatic carbocycles. The Balaban J connectivity index is 0.00000200. The fraction of sp³-hybridized carbons (Fsp3) is 0.387. The molecule has 3 aromatic rings. The summed E-state index contributed by atoms with van der Waals surface area (Å²) in [5, 5.41) is 6.78. The molecule has 5 heteroatoms. The fourth-order valence-corrected chi connectivity index (χ4v) is 5.03. The molecule has 2 N–H and O–H groups in total. The molecule has 192 valence electrons. The molecule has 36 heavy (non-hydrogen) atoms. The first kappa shape index (κ1) is 24.4. The lowest BCUT2D eigenvalue weighted by Crippen LogP contribution is -2.27. The summed E-state index contributed by atoms with van der Waals surface area (Å²) in [4.78, 5) is 13.4. The Morgan fingerprint density at radius 3 is 2.44 bits per heavy atom. The van der Waals surface area contributed by atoms with Crippen LogP contribution in [-0.2, 0) is 16.8 Å². The SMILES string of the molecule is CCC(CC)CNCc1ccc(-c2cc(NC(=O)C3(c4ccc5c(c4)OCO5)CC3)ccc2C)cc1.[HH].[HH]. The van der Waals surface area contributed by atoms with Crippen LogP contribution in [0.1, 0.15) is 59.1 Å². The van der Waals surface area contributed by atoms with E-state index in [0.717, 1.165) is 65.7 Å². The molecule has 0 aromatic heterocycles. The predicted octanol–water partition coefficient (Wildman–Crippen LogP) is 7.08. The zero-order valence-corrected chi connectivity index (χ0v) is 21.5. The van der Waals surface area contributed by atoms with E-state index in [0.29, 0.717) is 0 Å². The maximum Gasteiger partial charge on any atom is 0.235 e. The van der Waals surface area contributed by atoms with E-state index in [1.165, 1.54) is 24.0 Å². The Labute approximate surface area is 217 Å². The average molecular weight is 489 g/mol. The molecule has 0 saturated heterocycles. The summed E-state index contributed by atoms with van der Waals surface area (Å²) in [7, 11) is 0. The van der Waals surface area contributed by atoms with E-state index >= 15 is 0 Å². The molecule has 0 unspecified atom stereocenters. The maximum atomic E-state index is 13.4. The van der Waals surface area contributed by atoms with Crippen LogP contribution in [0.4, 0.5) is 5.69 Å². The van der Waals surface area contributed by atoms with Crippen molar-refractivity contribution in [3.63, 3.8) is 0 Å². The van der Waals surface area contributed by atoms with Crippen molar-refractivity contribution in [2.24, 2.45) is 5.92 Å². The highest BCUT2D eigenvalue weighted by molar-refractivity contribution is 6.02. The molecule has 0 bridgehead atoms. The standard InChI is InChI=1S/C31H36N2O3.2H2/c1-4-22(5-2)18-32-19-23-7-9-24(10-8-23)27-17-26(12-6-21(27)3)33-30(34)31(14-15-31)25-11-13-28-29(16-25)36-20-35-28;;/h6-13,16-17,22,32H,4-5,14-15,18-20H2,1-3H3,(H,33,34);2*1H. The smallest absolute Gasteiger partial charge is 0.235 e. The molecule has 1 aliphatic heterocycles. The summed E-state index contributed by atoms with van der Waals surface area (Å²) < 4.78 is 11.0. The van der Waals surface area contributed by atoms with Gasteiger partial charge in [0.2, 0.25) is 12.7 Å². The zero-order valence-electron chi connectivity index (χ0n) is 21.5. The van der Waals surface area contributed by atoms with Gasteiger partial charge < -0.3 is 20.1 Å². The Morgan fingerprint density at radius 2 is 1.72 bits per heavy atom. The van der Waals surface area contributed by atoms with Crippen LogP contribution in [0.15, 0.2) is 60.7 Å². The highest BCUT2D eigenvalue weighted by Gasteiger charge is 2.51. The molecule has 0 radical (unpaired) electrons. The van der Waals surface area contributed by atoms with Gasteiger partial charge in [0.25, 0.3) is 0 Å². The van der Waals surface area contributed by atoms with Gasteiger partial charge >= 0.3 is 0 Å². The van der Waals surface area contributed by atoms with Crippen molar-refractivity contribution in [1.29, 1.82) is 0 Å². The predicted molar refractivity (Wildman–Crippen MR) is 149 cm³/mol. The first-order chi connectivity index (χ1) is 17.5. The molecule has 3 aromatic carbocycles. The van der Waals surface area contributed by atoms with Crippen LogP contribution < -0.4 is 20.1 Å². The lowest BCUT2D eigenvalue weighted by Gasteiger charge is -2.17. The molecule has 2 aliphatic rings. The third kappa shape index (κ3) is 4.98. The Kier molecular flexibility index (Phi) is 7.01. The molecule has 5 rings (SSSR count). The van der Waals surface area contributed by atoms with Gasteiger partial charge in [-0.3, -0.25) is 4.79 Å². The first-order valence-electron chi connectivity index (χ1n) is 13.1. The molecular formula is C31H40N2O3. The lowest BCUT2D eigenvalue weighted by atomic mass is 9.94. The molecule has 1 heterocycles. The van der Waals surface area contributed by atoms with E-state index < -0.39 is 5.41 Å². The molecule has 1 fully saturated rings. The van der Waals surface area contributed by atoms with Gasteiger partial charge in [-0.1, -0.05) is 63.1 Å². The minimum Gasteiger partial charge on any atom is -0.454 e. The summed E-state index contributed by atoms with van der Waals surface area (Å²) in [6.45, 7) is 8.80. The number of fused-ring (bicyclic) bond motifs is 1. The Hall–Kier alpha value is -3.31. The largest absolute Gasteiger partial charge is 0.454 e. The summed E-state index contributed by atoms with van der Waals surface area (Å²) >= 11 is 0. The number of anilines is 1. The monoisotopic (exact) mass is 488 g/mol. The van der Waals surface area contributed by atoms with Gasteiger partial charge in [0.05, 0.1) is 5.41 Å². The quantitative estimate of drug-likeness (QED) is 0.320. The number of benzene rings is 3. The van der Waals surface area contributed by atoms with Crippen molar-refractivity contribution in [3.8, 4) is 22.6 Å². The number of ether oxygens (including phenoxy) is 2. The van der Waals surface area contributed by atoms with E-state index in [4.69, 9.17) is 9.47 Å². The minimum absolute atomic E-state index is 0. The van der Waals surface area contributed by atoms with Crippen LogP contribution in [-0.4, -0.2) is 19.2 Å². The summed E-state index contributed by atoms with van der Waals surface area (Å²) in [6.07, 6.45) is 4.10. The Bertz CT molecular complexity index is 1240. The van der Waals surface area contributed by atoms with E-state index in [1.807, 2.05) is 24.3 Å². The second-order valence-corrected chi connectivity index (χ2v) is 10.1. The van der Waals surface area contributed by atoms with Crippen LogP contribution in [0.2, 0.25) is 0 Å². The van der Waals surface area contributed by atoms with Gasteiger partial charge in [0.15, 0.2) is 11.5 Å². The number of carbonyl (C=O) groups is 1. The van der Waals surface area contributed by atoms with E-state index in [1.54, 1.807) is 0 Å². The van der Waals surface area contributed by atoms with Crippen molar-refractivity contribution in [3.05, 3.63) is 77.4 Å².